The van der Waals surface area contributed by atoms with Gasteiger partial charge in [-0.3, -0.25) is 4.79 Å². The molecule has 2 rings (SSSR count). The lowest BCUT2D eigenvalue weighted by molar-refractivity contribution is -0.135. The Kier molecular flexibility index (Phi) is 6.45. The Morgan fingerprint density at radius 1 is 1.45 bits per heavy atom. The molecule has 4 heteroatoms. The molecule has 3 nitrogen and oxygen atoms in total. The third kappa shape index (κ3) is 4.82. The van der Waals surface area contributed by atoms with E-state index in [0.29, 0.717) is 24.3 Å². The van der Waals surface area contributed by atoms with Gasteiger partial charge in [0, 0.05) is 23.5 Å². The predicted molar refractivity (Wildman–Crippen MR) is 94.5 cm³/mol. The molecule has 1 amide bonds. The SMILES string of the molecule is CC(C)CC(Cc1cccc(Br)c1)C(=O)N1CCC(CN)C1. The third-order valence-corrected chi connectivity index (χ3v) is 4.90. The first-order chi connectivity index (χ1) is 10.5. The molecule has 1 aromatic carbocycles. The van der Waals surface area contributed by atoms with Gasteiger partial charge in [0.2, 0.25) is 5.91 Å². The van der Waals surface area contributed by atoms with Crippen molar-refractivity contribution in [1.29, 1.82) is 0 Å². The summed E-state index contributed by atoms with van der Waals surface area (Å²) in [6, 6.07) is 8.29. The number of likely N-dealkylation sites (tertiary alicyclic amines) is 1. The zero-order chi connectivity index (χ0) is 16.1. The van der Waals surface area contributed by atoms with Gasteiger partial charge < -0.3 is 10.6 Å². The summed E-state index contributed by atoms with van der Waals surface area (Å²) in [6.07, 6.45) is 2.81. The Morgan fingerprint density at radius 2 is 2.23 bits per heavy atom. The fourth-order valence-electron chi connectivity index (χ4n) is 3.27. The normalized spacial score (nSPS) is 19.7. The van der Waals surface area contributed by atoms with Crippen LogP contribution >= 0.6 is 15.9 Å². The van der Waals surface area contributed by atoms with Gasteiger partial charge in [0.15, 0.2) is 0 Å². The lowest BCUT2D eigenvalue weighted by Crippen LogP contribution is -2.36. The number of hydrogen-bond acceptors (Lipinski definition) is 2. The molecular weight excluding hydrogens is 340 g/mol. The molecule has 122 valence electrons. The molecule has 2 unspecified atom stereocenters. The molecule has 0 saturated carbocycles. The first-order valence-corrected chi connectivity index (χ1v) is 9.02. The lowest BCUT2D eigenvalue weighted by atomic mass is 9.90. The molecule has 2 N–H and O–H groups in total. The van der Waals surface area contributed by atoms with Crippen LogP contribution in [-0.4, -0.2) is 30.4 Å². The minimum Gasteiger partial charge on any atom is -0.342 e. The summed E-state index contributed by atoms with van der Waals surface area (Å²) >= 11 is 3.51. The molecule has 1 heterocycles. The van der Waals surface area contributed by atoms with Crippen molar-refractivity contribution in [2.45, 2.75) is 33.1 Å². The maximum atomic E-state index is 12.9. The first kappa shape index (κ1) is 17.5. The van der Waals surface area contributed by atoms with E-state index in [1.165, 1.54) is 5.56 Å². The lowest BCUT2D eigenvalue weighted by Gasteiger charge is -2.25. The summed E-state index contributed by atoms with van der Waals surface area (Å²) in [4.78, 5) is 14.9. The van der Waals surface area contributed by atoms with Crippen LogP contribution in [0.3, 0.4) is 0 Å². The second-order valence-electron chi connectivity index (χ2n) is 6.84. The van der Waals surface area contributed by atoms with Crippen molar-refractivity contribution in [2.75, 3.05) is 19.6 Å². The van der Waals surface area contributed by atoms with E-state index in [1.54, 1.807) is 0 Å². The maximum Gasteiger partial charge on any atom is 0.226 e. The second-order valence-corrected chi connectivity index (χ2v) is 7.75. The summed E-state index contributed by atoms with van der Waals surface area (Å²) in [6.45, 7) is 6.77. The van der Waals surface area contributed by atoms with Crippen molar-refractivity contribution < 1.29 is 4.79 Å². The van der Waals surface area contributed by atoms with Crippen molar-refractivity contribution in [1.82, 2.24) is 4.90 Å². The summed E-state index contributed by atoms with van der Waals surface area (Å²) in [5.74, 6) is 1.39. The number of carbonyl (C=O) groups excluding carboxylic acids is 1. The Bertz CT molecular complexity index is 504. The number of halogens is 1. The van der Waals surface area contributed by atoms with Crippen LogP contribution in [0.5, 0.6) is 0 Å². The van der Waals surface area contributed by atoms with Gasteiger partial charge in [0.25, 0.3) is 0 Å². The topological polar surface area (TPSA) is 46.3 Å². The largest absolute Gasteiger partial charge is 0.342 e. The molecule has 0 radical (unpaired) electrons. The van der Waals surface area contributed by atoms with Crippen LogP contribution in [-0.2, 0) is 11.2 Å². The maximum absolute atomic E-state index is 12.9. The molecule has 2 atom stereocenters. The van der Waals surface area contributed by atoms with Crippen LogP contribution in [0.1, 0.15) is 32.3 Å². The number of carbonyl (C=O) groups is 1. The molecule has 22 heavy (non-hydrogen) atoms. The highest BCUT2D eigenvalue weighted by atomic mass is 79.9. The average molecular weight is 367 g/mol. The minimum absolute atomic E-state index is 0.0748. The molecule has 0 bridgehead atoms. The Morgan fingerprint density at radius 3 is 2.82 bits per heavy atom. The summed E-state index contributed by atoms with van der Waals surface area (Å²) in [7, 11) is 0. The van der Waals surface area contributed by atoms with E-state index in [9.17, 15) is 4.79 Å². The minimum atomic E-state index is 0.0748. The van der Waals surface area contributed by atoms with Crippen molar-refractivity contribution in [3.8, 4) is 0 Å². The highest BCUT2D eigenvalue weighted by Gasteiger charge is 2.30. The summed E-state index contributed by atoms with van der Waals surface area (Å²) < 4.78 is 1.07. The molecule has 0 aliphatic carbocycles. The van der Waals surface area contributed by atoms with Gasteiger partial charge in [0.05, 0.1) is 0 Å². The molecule has 1 fully saturated rings. The van der Waals surface area contributed by atoms with Gasteiger partial charge in [-0.15, -0.1) is 0 Å². The molecule has 1 aromatic rings. The van der Waals surface area contributed by atoms with E-state index in [2.05, 4.69) is 41.9 Å². The number of nitrogens with two attached hydrogens (primary N) is 1. The number of nitrogens with zero attached hydrogens (tertiary/aromatic N) is 1. The summed E-state index contributed by atoms with van der Waals surface area (Å²) in [5.41, 5.74) is 6.97. The Hall–Kier alpha value is -0.870. The first-order valence-electron chi connectivity index (χ1n) is 8.23. The zero-order valence-corrected chi connectivity index (χ0v) is 15.2. The fourth-order valence-corrected chi connectivity index (χ4v) is 3.72. The van der Waals surface area contributed by atoms with E-state index in [0.717, 1.165) is 36.8 Å². The summed E-state index contributed by atoms with van der Waals surface area (Å²) in [5, 5.41) is 0. The Labute approximate surface area is 142 Å². The molecule has 0 aromatic heterocycles. The van der Waals surface area contributed by atoms with Gasteiger partial charge in [0.1, 0.15) is 0 Å². The molecular formula is C18H27BrN2O. The van der Waals surface area contributed by atoms with E-state index in [4.69, 9.17) is 5.73 Å². The van der Waals surface area contributed by atoms with Gasteiger partial charge in [-0.1, -0.05) is 41.9 Å². The zero-order valence-electron chi connectivity index (χ0n) is 13.6. The monoisotopic (exact) mass is 366 g/mol. The van der Waals surface area contributed by atoms with Crippen molar-refractivity contribution in [2.24, 2.45) is 23.5 Å². The smallest absolute Gasteiger partial charge is 0.226 e. The van der Waals surface area contributed by atoms with Gasteiger partial charge in [-0.25, -0.2) is 0 Å². The van der Waals surface area contributed by atoms with Crippen molar-refractivity contribution in [3.63, 3.8) is 0 Å². The van der Waals surface area contributed by atoms with Crippen LogP contribution < -0.4 is 5.73 Å². The second kappa shape index (κ2) is 8.11. The highest BCUT2D eigenvalue weighted by Crippen LogP contribution is 2.25. The van der Waals surface area contributed by atoms with Crippen molar-refractivity contribution in [3.05, 3.63) is 34.3 Å². The van der Waals surface area contributed by atoms with Crippen LogP contribution in [0, 0.1) is 17.8 Å². The van der Waals surface area contributed by atoms with E-state index < -0.39 is 0 Å². The predicted octanol–water partition coefficient (Wildman–Crippen LogP) is 3.46. The quantitative estimate of drug-likeness (QED) is 0.837. The van der Waals surface area contributed by atoms with Gasteiger partial charge in [-0.2, -0.15) is 0 Å². The fraction of sp³-hybridized carbons (Fsp3) is 0.611. The van der Waals surface area contributed by atoms with Crippen molar-refractivity contribution >= 4 is 21.8 Å². The molecule has 1 aliphatic heterocycles. The van der Waals surface area contributed by atoms with E-state index in [-0.39, 0.29) is 5.92 Å². The number of hydrogen-bond donors (Lipinski definition) is 1. The highest BCUT2D eigenvalue weighted by molar-refractivity contribution is 9.10. The van der Waals surface area contributed by atoms with Crippen LogP contribution in [0.15, 0.2) is 28.7 Å². The molecule has 0 spiro atoms. The standard InChI is InChI=1S/C18H27BrN2O/c1-13(2)8-16(9-14-4-3-5-17(19)10-14)18(22)21-7-6-15(11-20)12-21/h3-5,10,13,15-16H,6-9,11-12,20H2,1-2H3. The van der Waals surface area contributed by atoms with Crippen LogP contribution in [0.2, 0.25) is 0 Å². The van der Waals surface area contributed by atoms with E-state index in [1.807, 2.05) is 17.0 Å². The Balaban J connectivity index is 2.07. The number of amides is 1. The molecule has 1 saturated heterocycles. The third-order valence-electron chi connectivity index (χ3n) is 4.41. The molecule has 1 aliphatic rings. The van der Waals surface area contributed by atoms with Crippen LogP contribution in [0.4, 0.5) is 0 Å². The number of benzene rings is 1. The average Bonchev–Trinajstić information content (AvgIpc) is 2.94. The van der Waals surface area contributed by atoms with Gasteiger partial charge >= 0.3 is 0 Å². The van der Waals surface area contributed by atoms with Gasteiger partial charge in [-0.05, 0) is 55.3 Å². The van der Waals surface area contributed by atoms with E-state index >= 15 is 0 Å². The number of rotatable bonds is 6. The van der Waals surface area contributed by atoms with Crippen LogP contribution in [0.25, 0.3) is 0 Å².